The molecule has 178 valence electrons. The Hall–Kier alpha value is -2.03. The second-order valence-electron chi connectivity index (χ2n) is 8.49. The SMILES string of the molecule is CC(C)C(C)NC(=O)CSc1nc(Cl)cc(N2CCN(C(=O)c3ccccc3Cl)C(C)C2)n1. The van der Waals surface area contributed by atoms with Crippen molar-refractivity contribution in [3.63, 3.8) is 0 Å². The van der Waals surface area contributed by atoms with Gasteiger partial charge < -0.3 is 15.1 Å². The van der Waals surface area contributed by atoms with Gasteiger partial charge in [-0.2, -0.15) is 0 Å². The topological polar surface area (TPSA) is 78.4 Å². The number of thioether (sulfide) groups is 1. The summed E-state index contributed by atoms with van der Waals surface area (Å²) in [6.07, 6.45) is 0. The normalized spacial score (nSPS) is 17.2. The van der Waals surface area contributed by atoms with Crippen LogP contribution in [-0.2, 0) is 4.79 Å². The van der Waals surface area contributed by atoms with E-state index in [0.29, 0.717) is 52.3 Å². The Kier molecular flexibility index (Phi) is 8.84. The van der Waals surface area contributed by atoms with Crippen LogP contribution in [0, 0.1) is 5.92 Å². The Bertz CT molecular complexity index is 1010. The molecule has 0 spiro atoms. The maximum atomic E-state index is 13.0. The van der Waals surface area contributed by atoms with E-state index < -0.39 is 0 Å². The van der Waals surface area contributed by atoms with E-state index in [0.717, 1.165) is 0 Å². The molecule has 1 aromatic heterocycles. The monoisotopic (exact) mass is 509 g/mol. The zero-order valence-corrected chi connectivity index (χ0v) is 21.5. The van der Waals surface area contributed by atoms with E-state index >= 15 is 0 Å². The number of anilines is 1. The van der Waals surface area contributed by atoms with E-state index in [-0.39, 0.29) is 29.7 Å². The molecule has 0 bridgehead atoms. The first kappa shape index (κ1) is 25.6. The number of amides is 2. The maximum absolute atomic E-state index is 13.0. The molecule has 0 radical (unpaired) electrons. The molecule has 2 heterocycles. The van der Waals surface area contributed by atoms with Crippen LogP contribution < -0.4 is 10.2 Å². The summed E-state index contributed by atoms with van der Waals surface area (Å²) in [5, 5.41) is 4.20. The molecule has 2 atom stereocenters. The summed E-state index contributed by atoms with van der Waals surface area (Å²) in [5.41, 5.74) is 0.508. The number of halogens is 2. The second-order valence-corrected chi connectivity index (χ2v) is 10.2. The van der Waals surface area contributed by atoms with Gasteiger partial charge in [-0.05, 0) is 31.9 Å². The van der Waals surface area contributed by atoms with E-state index in [1.54, 1.807) is 18.2 Å². The van der Waals surface area contributed by atoms with Crippen LogP contribution in [0.1, 0.15) is 38.1 Å². The van der Waals surface area contributed by atoms with Gasteiger partial charge in [0.05, 0.1) is 16.3 Å². The molecule has 0 aliphatic carbocycles. The van der Waals surface area contributed by atoms with Crippen LogP contribution in [0.2, 0.25) is 10.2 Å². The van der Waals surface area contributed by atoms with Crippen LogP contribution in [0.25, 0.3) is 0 Å². The van der Waals surface area contributed by atoms with E-state index in [1.807, 2.05) is 30.9 Å². The molecule has 1 aromatic carbocycles. The van der Waals surface area contributed by atoms with Gasteiger partial charge in [-0.25, -0.2) is 9.97 Å². The standard InChI is InChI=1S/C23H29Cl2N5O2S/c1-14(2)16(4)26-21(31)13-33-23-27-19(25)11-20(28-23)29-9-10-30(15(3)12-29)22(32)17-7-5-6-8-18(17)24/h5-8,11,14-16H,9-10,12-13H2,1-4H3,(H,26,31). The van der Waals surface area contributed by atoms with Crippen LogP contribution in [-0.4, -0.2) is 64.2 Å². The van der Waals surface area contributed by atoms with E-state index in [9.17, 15) is 9.59 Å². The number of aromatic nitrogens is 2. The Labute approximate surface area is 209 Å². The third kappa shape index (κ3) is 6.74. The summed E-state index contributed by atoms with van der Waals surface area (Å²) >= 11 is 13.7. The summed E-state index contributed by atoms with van der Waals surface area (Å²) in [7, 11) is 0. The van der Waals surface area contributed by atoms with Crippen LogP contribution in [0.4, 0.5) is 5.82 Å². The predicted octanol–water partition coefficient (Wildman–Crippen LogP) is 4.39. The third-order valence-corrected chi connectivity index (χ3v) is 7.07. The van der Waals surface area contributed by atoms with E-state index in [4.69, 9.17) is 23.2 Å². The third-order valence-electron chi connectivity index (χ3n) is 5.70. The number of benzene rings is 1. The predicted molar refractivity (Wildman–Crippen MR) is 134 cm³/mol. The highest BCUT2D eigenvalue weighted by molar-refractivity contribution is 7.99. The maximum Gasteiger partial charge on any atom is 0.255 e. The molecule has 3 rings (SSSR count). The number of carbonyl (C=O) groups excluding carboxylic acids is 2. The van der Waals surface area contributed by atoms with Gasteiger partial charge in [0.25, 0.3) is 5.91 Å². The van der Waals surface area contributed by atoms with Crippen molar-refractivity contribution < 1.29 is 9.59 Å². The Morgan fingerprint density at radius 3 is 2.58 bits per heavy atom. The Morgan fingerprint density at radius 1 is 1.18 bits per heavy atom. The summed E-state index contributed by atoms with van der Waals surface area (Å²) < 4.78 is 0. The summed E-state index contributed by atoms with van der Waals surface area (Å²) in [5.74, 6) is 1.12. The fraction of sp³-hybridized carbons (Fsp3) is 0.478. The lowest BCUT2D eigenvalue weighted by Gasteiger charge is -2.40. The van der Waals surface area contributed by atoms with E-state index in [2.05, 4.69) is 34.0 Å². The number of rotatable bonds is 7. The lowest BCUT2D eigenvalue weighted by molar-refractivity contribution is -0.119. The molecular formula is C23H29Cl2N5O2S. The number of nitrogens with zero attached hydrogens (tertiary/aromatic N) is 4. The van der Waals surface area contributed by atoms with Crippen molar-refractivity contribution in [2.24, 2.45) is 5.92 Å². The van der Waals surface area contributed by atoms with Crippen LogP contribution in [0.15, 0.2) is 35.5 Å². The van der Waals surface area contributed by atoms with Gasteiger partial charge in [-0.1, -0.05) is 60.9 Å². The fourth-order valence-corrected chi connectivity index (χ4v) is 4.57. The molecule has 33 heavy (non-hydrogen) atoms. The number of piperazine rings is 1. The summed E-state index contributed by atoms with van der Waals surface area (Å²) in [6.45, 7) is 9.84. The van der Waals surface area contributed by atoms with Crippen LogP contribution in [0.5, 0.6) is 0 Å². The number of nitrogens with one attached hydrogen (secondary N) is 1. The minimum Gasteiger partial charge on any atom is -0.353 e. The highest BCUT2D eigenvalue weighted by atomic mass is 35.5. The molecule has 7 nitrogen and oxygen atoms in total. The molecule has 1 aliphatic rings. The van der Waals surface area contributed by atoms with Crippen molar-refractivity contribution in [3.8, 4) is 0 Å². The minimum absolute atomic E-state index is 0.0457. The zero-order valence-electron chi connectivity index (χ0n) is 19.2. The molecule has 1 N–H and O–H groups in total. The van der Waals surface area contributed by atoms with Crippen molar-refractivity contribution in [1.82, 2.24) is 20.2 Å². The van der Waals surface area contributed by atoms with E-state index in [1.165, 1.54) is 11.8 Å². The van der Waals surface area contributed by atoms with Crippen molar-refractivity contribution in [1.29, 1.82) is 0 Å². The summed E-state index contributed by atoms with van der Waals surface area (Å²) in [6, 6.07) is 8.85. The molecule has 2 unspecified atom stereocenters. The lowest BCUT2D eigenvalue weighted by Crippen LogP contribution is -2.54. The quantitative estimate of drug-likeness (QED) is 0.338. The van der Waals surface area contributed by atoms with Gasteiger partial charge in [0, 0.05) is 37.8 Å². The highest BCUT2D eigenvalue weighted by Gasteiger charge is 2.30. The molecule has 1 fully saturated rings. The van der Waals surface area contributed by atoms with Crippen LogP contribution in [0.3, 0.4) is 0 Å². The molecule has 0 saturated carbocycles. The molecule has 10 heteroatoms. The fourth-order valence-electron chi connectivity index (χ4n) is 3.46. The van der Waals surface area contributed by atoms with Gasteiger partial charge in [0.1, 0.15) is 11.0 Å². The number of hydrogen-bond donors (Lipinski definition) is 1. The van der Waals surface area contributed by atoms with Crippen molar-refractivity contribution in [3.05, 3.63) is 46.1 Å². The minimum atomic E-state index is -0.0775. The second kappa shape index (κ2) is 11.4. The van der Waals surface area contributed by atoms with Crippen molar-refractivity contribution in [2.75, 3.05) is 30.3 Å². The molecule has 2 aromatic rings. The average Bonchev–Trinajstić information content (AvgIpc) is 2.77. The number of hydrogen-bond acceptors (Lipinski definition) is 6. The largest absolute Gasteiger partial charge is 0.353 e. The first-order valence-corrected chi connectivity index (χ1v) is 12.7. The van der Waals surface area contributed by atoms with Gasteiger partial charge in [0.2, 0.25) is 5.91 Å². The first-order valence-electron chi connectivity index (χ1n) is 10.9. The van der Waals surface area contributed by atoms with Gasteiger partial charge in [-0.15, -0.1) is 0 Å². The highest BCUT2D eigenvalue weighted by Crippen LogP contribution is 2.25. The lowest BCUT2D eigenvalue weighted by atomic mass is 10.1. The molecule has 1 saturated heterocycles. The average molecular weight is 510 g/mol. The molecule has 2 amide bonds. The number of carbonyl (C=O) groups is 2. The summed E-state index contributed by atoms with van der Waals surface area (Å²) in [4.78, 5) is 38.0. The van der Waals surface area contributed by atoms with Crippen LogP contribution >= 0.6 is 35.0 Å². The van der Waals surface area contributed by atoms with Gasteiger partial charge >= 0.3 is 0 Å². The van der Waals surface area contributed by atoms with Gasteiger partial charge in [-0.3, -0.25) is 9.59 Å². The van der Waals surface area contributed by atoms with Crippen molar-refractivity contribution in [2.45, 2.75) is 44.9 Å². The zero-order chi connectivity index (χ0) is 24.1. The van der Waals surface area contributed by atoms with Gasteiger partial charge in [0.15, 0.2) is 5.16 Å². The Morgan fingerprint density at radius 2 is 1.91 bits per heavy atom. The molecular weight excluding hydrogens is 481 g/mol. The first-order chi connectivity index (χ1) is 15.7. The van der Waals surface area contributed by atoms with Crippen molar-refractivity contribution >= 4 is 52.6 Å². The molecule has 1 aliphatic heterocycles. The Balaban J connectivity index is 1.64. The smallest absolute Gasteiger partial charge is 0.255 e.